The fourth-order valence-electron chi connectivity index (χ4n) is 10.3. The number of ether oxygens (including phenoxy) is 1. The third-order valence-electron chi connectivity index (χ3n) is 11.8. The van der Waals surface area contributed by atoms with Gasteiger partial charge in [0.15, 0.2) is 5.78 Å². The number of carbonyl (C=O) groups is 2. The van der Waals surface area contributed by atoms with Crippen LogP contribution < -0.4 is 0 Å². The molecule has 5 aliphatic carbocycles. The molecule has 0 bridgehead atoms. The Balaban J connectivity index is 1.53. The van der Waals surface area contributed by atoms with Gasteiger partial charge in [-0.15, -0.1) is 0 Å². The summed E-state index contributed by atoms with van der Waals surface area (Å²) in [6.45, 7) is 9.29. The van der Waals surface area contributed by atoms with E-state index in [4.69, 9.17) is 4.74 Å². The van der Waals surface area contributed by atoms with Crippen LogP contribution in [0.5, 0.6) is 0 Å². The SMILES string of the molecule is COC(=O)C12CCC(C)CC1C1CCC3C4(C)C=C(C#N)C(=O)C(C)C4CCC3(C)C1CC2. The van der Waals surface area contributed by atoms with Crippen LogP contribution in [0.25, 0.3) is 0 Å². The highest BCUT2D eigenvalue weighted by Gasteiger charge is 2.65. The van der Waals surface area contributed by atoms with E-state index in [2.05, 4.69) is 39.8 Å². The Kier molecular flexibility index (Phi) is 5.39. The maximum absolute atomic E-state index is 13.1. The lowest BCUT2D eigenvalue weighted by molar-refractivity contribution is -0.193. The van der Waals surface area contributed by atoms with Crippen molar-refractivity contribution in [1.82, 2.24) is 0 Å². The van der Waals surface area contributed by atoms with Gasteiger partial charge >= 0.3 is 5.97 Å². The van der Waals surface area contributed by atoms with Crippen LogP contribution >= 0.6 is 0 Å². The predicted molar refractivity (Wildman–Crippen MR) is 127 cm³/mol. The molecule has 0 aromatic rings. The fourth-order valence-corrected chi connectivity index (χ4v) is 10.3. The standard InChI is InChI=1S/C29H41NO3/c1-17-8-12-29(26(32)33-5)13-10-22-20(23(29)14-17)6-7-24-27(22,3)11-9-21-18(2)25(31)19(16-30)15-28(21,24)4/h15,17-18,20-24H,6-14H2,1-5H3. The molecular formula is C29H41NO3. The maximum Gasteiger partial charge on any atom is 0.312 e. The zero-order chi connectivity index (χ0) is 23.8. The van der Waals surface area contributed by atoms with Crippen molar-refractivity contribution in [1.29, 1.82) is 5.26 Å². The second-order valence-corrected chi connectivity index (χ2v) is 12.9. The molecule has 0 N–H and O–H groups in total. The molecule has 0 heterocycles. The molecule has 4 saturated carbocycles. The number of fused-ring (bicyclic) bond motifs is 7. The molecule has 0 aromatic heterocycles. The van der Waals surface area contributed by atoms with Crippen LogP contribution in [0.2, 0.25) is 0 Å². The maximum atomic E-state index is 13.1. The fraction of sp³-hybridized carbons (Fsp3) is 0.828. The molecule has 10 unspecified atom stereocenters. The van der Waals surface area contributed by atoms with Crippen molar-refractivity contribution in [2.24, 2.45) is 57.7 Å². The number of allylic oxidation sites excluding steroid dienone is 2. The molecule has 0 radical (unpaired) electrons. The third kappa shape index (κ3) is 2.99. The normalized spacial score (nSPS) is 51.1. The molecule has 180 valence electrons. The van der Waals surface area contributed by atoms with Gasteiger partial charge in [-0.3, -0.25) is 9.59 Å². The summed E-state index contributed by atoms with van der Waals surface area (Å²) in [6.07, 6.45) is 12.0. The van der Waals surface area contributed by atoms with Crippen LogP contribution in [0.4, 0.5) is 0 Å². The molecule has 10 atom stereocenters. The molecule has 0 spiro atoms. The predicted octanol–water partition coefficient (Wildman–Crippen LogP) is 6.11. The van der Waals surface area contributed by atoms with Crippen LogP contribution in [0.3, 0.4) is 0 Å². The molecule has 4 fully saturated rings. The Bertz CT molecular complexity index is 932. The summed E-state index contributed by atoms with van der Waals surface area (Å²) in [5, 5.41) is 9.71. The molecule has 0 aromatic carbocycles. The average molecular weight is 452 g/mol. The molecule has 5 aliphatic rings. The number of nitriles is 1. The number of carbonyl (C=O) groups excluding carboxylic acids is 2. The summed E-state index contributed by atoms with van der Waals surface area (Å²) in [4.78, 5) is 26.0. The Morgan fingerprint density at radius 2 is 1.73 bits per heavy atom. The van der Waals surface area contributed by atoms with E-state index in [1.54, 1.807) is 7.11 Å². The van der Waals surface area contributed by atoms with Crippen LogP contribution in [0.1, 0.15) is 85.5 Å². The van der Waals surface area contributed by atoms with Crippen LogP contribution in [-0.4, -0.2) is 18.9 Å². The first-order valence-electron chi connectivity index (χ1n) is 13.4. The van der Waals surface area contributed by atoms with Gasteiger partial charge in [-0.25, -0.2) is 0 Å². The number of Topliss-reactive ketones (excluding diaryl/α,β-unsaturated/α-hetero) is 1. The highest BCUT2D eigenvalue weighted by Crippen LogP contribution is 2.71. The highest BCUT2D eigenvalue weighted by atomic mass is 16.5. The number of hydrogen-bond donors (Lipinski definition) is 0. The number of methoxy groups -OCH3 is 1. The van der Waals surface area contributed by atoms with Crippen molar-refractivity contribution in [2.45, 2.75) is 85.5 Å². The molecule has 4 nitrogen and oxygen atoms in total. The molecular weight excluding hydrogens is 410 g/mol. The summed E-state index contributed by atoms with van der Waals surface area (Å²) in [6, 6.07) is 2.23. The van der Waals surface area contributed by atoms with Crippen molar-refractivity contribution >= 4 is 11.8 Å². The van der Waals surface area contributed by atoms with E-state index in [-0.39, 0.29) is 33.9 Å². The van der Waals surface area contributed by atoms with E-state index in [1.165, 1.54) is 12.8 Å². The zero-order valence-electron chi connectivity index (χ0n) is 21.2. The third-order valence-corrected chi connectivity index (χ3v) is 11.8. The smallest absolute Gasteiger partial charge is 0.312 e. The highest BCUT2D eigenvalue weighted by molar-refractivity contribution is 6.01. The minimum Gasteiger partial charge on any atom is -0.469 e. The van der Waals surface area contributed by atoms with Gasteiger partial charge in [0, 0.05) is 5.92 Å². The number of hydrogen-bond acceptors (Lipinski definition) is 4. The summed E-state index contributed by atoms with van der Waals surface area (Å²) in [5.41, 5.74) is 0.232. The summed E-state index contributed by atoms with van der Waals surface area (Å²) >= 11 is 0. The lowest BCUT2D eigenvalue weighted by Gasteiger charge is -2.67. The van der Waals surface area contributed by atoms with Crippen molar-refractivity contribution in [3.05, 3.63) is 11.6 Å². The van der Waals surface area contributed by atoms with Gasteiger partial charge in [0.1, 0.15) is 6.07 Å². The first kappa shape index (κ1) is 23.1. The van der Waals surface area contributed by atoms with Gasteiger partial charge in [-0.2, -0.15) is 5.26 Å². The Morgan fingerprint density at radius 3 is 2.42 bits per heavy atom. The lowest BCUT2D eigenvalue weighted by Crippen LogP contribution is -2.62. The van der Waals surface area contributed by atoms with Crippen molar-refractivity contribution in [3.8, 4) is 6.07 Å². The Labute approximate surface area is 199 Å². The minimum absolute atomic E-state index is 0.0435. The van der Waals surface area contributed by atoms with Gasteiger partial charge in [0.05, 0.1) is 18.1 Å². The molecule has 0 saturated heterocycles. The van der Waals surface area contributed by atoms with Crippen molar-refractivity contribution in [3.63, 3.8) is 0 Å². The average Bonchev–Trinajstić information content (AvgIpc) is 2.80. The molecule has 0 amide bonds. The van der Waals surface area contributed by atoms with E-state index in [0.29, 0.717) is 41.1 Å². The van der Waals surface area contributed by atoms with Crippen LogP contribution in [-0.2, 0) is 14.3 Å². The number of rotatable bonds is 1. The number of nitrogens with zero attached hydrogens (tertiary/aromatic N) is 1. The Hall–Kier alpha value is -1.63. The second-order valence-electron chi connectivity index (χ2n) is 12.9. The van der Waals surface area contributed by atoms with Gasteiger partial charge in [0.25, 0.3) is 0 Å². The van der Waals surface area contributed by atoms with Gasteiger partial charge in [0.2, 0.25) is 0 Å². The van der Waals surface area contributed by atoms with E-state index in [0.717, 1.165) is 44.9 Å². The molecule has 5 rings (SSSR count). The topological polar surface area (TPSA) is 67.2 Å². The van der Waals surface area contributed by atoms with E-state index < -0.39 is 0 Å². The summed E-state index contributed by atoms with van der Waals surface area (Å²) in [5.74, 6) is 3.19. The van der Waals surface area contributed by atoms with Gasteiger partial charge < -0.3 is 4.74 Å². The van der Waals surface area contributed by atoms with Crippen LogP contribution in [0.15, 0.2) is 11.6 Å². The van der Waals surface area contributed by atoms with E-state index >= 15 is 0 Å². The van der Waals surface area contributed by atoms with Gasteiger partial charge in [-0.1, -0.05) is 33.8 Å². The minimum atomic E-state index is -0.271. The number of ketones is 1. The van der Waals surface area contributed by atoms with E-state index in [9.17, 15) is 14.9 Å². The summed E-state index contributed by atoms with van der Waals surface area (Å²) in [7, 11) is 1.57. The second kappa shape index (κ2) is 7.69. The molecule has 33 heavy (non-hydrogen) atoms. The first-order valence-corrected chi connectivity index (χ1v) is 13.4. The molecule has 0 aliphatic heterocycles. The van der Waals surface area contributed by atoms with E-state index in [1.807, 2.05) is 0 Å². The monoisotopic (exact) mass is 451 g/mol. The van der Waals surface area contributed by atoms with Crippen molar-refractivity contribution in [2.75, 3.05) is 7.11 Å². The quantitative estimate of drug-likeness (QED) is 0.451. The van der Waals surface area contributed by atoms with Crippen molar-refractivity contribution < 1.29 is 14.3 Å². The lowest BCUT2D eigenvalue weighted by atomic mass is 9.37. The molecule has 4 heteroatoms. The Morgan fingerprint density at radius 1 is 1.03 bits per heavy atom. The zero-order valence-corrected chi connectivity index (χ0v) is 21.2. The van der Waals surface area contributed by atoms with Crippen LogP contribution in [0, 0.1) is 69.0 Å². The van der Waals surface area contributed by atoms with Gasteiger partial charge in [-0.05, 0) is 104 Å². The largest absolute Gasteiger partial charge is 0.469 e. The first-order chi connectivity index (χ1) is 15.6. The number of esters is 1. The summed E-state index contributed by atoms with van der Waals surface area (Å²) < 4.78 is 5.42.